The van der Waals surface area contributed by atoms with E-state index in [0.29, 0.717) is 30.4 Å². The standard InChI is InChI=1S/C20H23FN2O4S/c1-15-9-11-23(12-10-15)28(25,26)19-7-5-18(6-8-19)27-14-20(24)22-17-4-2-3-16(21)13-17/h2-8,13,15H,9-12,14H2,1H3,(H,22,24). The van der Waals surface area contributed by atoms with Crippen LogP contribution >= 0.6 is 0 Å². The molecule has 0 atom stereocenters. The van der Waals surface area contributed by atoms with Crippen molar-refractivity contribution in [1.82, 2.24) is 4.31 Å². The van der Waals surface area contributed by atoms with Gasteiger partial charge in [-0.05, 0) is 61.2 Å². The number of hydrogen-bond acceptors (Lipinski definition) is 4. The molecule has 0 saturated carbocycles. The Hall–Kier alpha value is -2.45. The maximum absolute atomic E-state index is 13.1. The van der Waals surface area contributed by atoms with E-state index in [-0.39, 0.29) is 11.5 Å². The average molecular weight is 406 g/mol. The van der Waals surface area contributed by atoms with E-state index in [1.54, 1.807) is 6.07 Å². The highest BCUT2D eigenvalue weighted by Gasteiger charge is 2.27. The summed E-state index contributed by atoms with van der Waals surface area (Å²) in [4.78, 5) is 12.1. The summed E-state index contributed by atoms with van der Waals surface area (Å²) in [6.45, 7) is 2.91. The number of piperidine rings is 1. The van der Waals surface area contributed by atoms with Crippen LogP contribution < -0.4 is 10.1 Å². The largest absolute Gasteiger partial charge is 0.484 e. The van der Waals surface area contributed by atoms with Crippen LogP contribution in [0.5, 0.6) is 5.75 Å². The molecule has 6 nitrogen and oxygen atoms in total. The minimum atomic E-state index is -3.52. The number of nitrogens with zero attached hydrogens (tertiary/aromatic N) is 1. The van der Waals surface area contributed by atoms with Crippen LogP contribution in [0.2, 0.25) is 0 Å². The van der Waals surface area contributed by atoms with Crippen molar-refractivity contribution in [2.45, 2.75) is 24.7 Å². The van der Waals surface area contributed by atoms with Gasteiger partial charge in [0.15, 0.2) is 6.61 Å². The molecule has 1 amide bonds. The first-order chi connectivity index (χ1) is 13.3. The molecule has 0 spiro atoms. The van der Waals surface area contributed by atoms with Gasteiger partial charge < -0.3 is 10.1 Å². The van der Waals surface area contributed by atoms with Crippen LogP contribution in [0.4, 0.5) is 10.1 Å². The van der Waals surface area contributed by atoms with Gasteiger partial charge in [0.2, 0.25) is 10.0 Å². The van der Waals surface area contributed by atoms with E-state index in [1.807, 2.05) is 0 Å². The maximum Gasteiger partial charge on any atom is 0.262 e. The minimum Gasteiger partial charge on any atom is -0.484 e. The van der Waals surface area contributed by atoms with Crippen LogP contribution in [0.15, 0.2) is 53.4 Å². The molecule has 3 rings (SSSR count). The lowest BCUT2D eigenvalue weighted by Crippen LogP contribution is -2.37. The average Bonchev–Trinajstić information content (AvgIpc) is 2.67. The number of anilines is 1. The summed E-state index contributed by atoms with van der Waals surface area (Å²) >= 11 is 0. The van der Waals surface area contributed by atoms with Crippen molar-refractivity contribution < 1.29 is 22.3 Å². The fraction of sp³-hybridized carbons (Fsp3) is 0.350. The Kier molecular flexibility index (Phi) is 6.31. The third-order valence-corrected chi connectivity index (χ3v) is 6.60. The zero-order valence-corrected chi connectivity index (χ0v) is 16.4. The second-order valence-corrected chi connectivity index (χ2v) is 8.84. The molecule has 0 aliphatic carbocycles. The van der Waals surface area contributed by atoms with Gasteiger partial charge in [0, 0.05) is 18.8 Å². The van der Waals surface area contributed by atoms with Crippen LogP contribution in [0, 0.1) is 11.7 Å². The second-order valence-electron chi connectivity index (χ2n) is 6.91. The summed E-state index contributed by atoms with van der Waals surface area (Å²) in [6.07, 6.45) is 1.72. The number of halogens is 1. The fourth-order valence-electron chi connectivity index (χ4n) is 2.99. The van der Waals surface area contributed by atoms with E-state index in [2.05, 4.69) is 12.2 Å². The molecule has 8 heteroatoms. The number of sulfonamides is 1. The predicted octanol–water partition coefficient (Wildman–Crippen LogP) is 3.26. The van der Waals surface area contributed by atoms with Crippen molar-refractivity contribution in [3.8, 4) is 5.75 Å². The zero-order chi connectivity index (χ0) is 20.1. The molecule has 0 unspecified atom stereocenters. The summed E-state index contributed by atoms with van der Waals surface area (Å²) in [7, 11) is -3.52. The Labute approximate surface area is 164 Å². The SMILES string of the molecule is CC1CCN(S(=O)(=O)c2ccc(OCC(=O)Nc3cccc(F)c3)cc2)CC1. The first kappa shape index (κ1) is 20.3. The second kappa shape index (κ2) is 8.70. The molecule has 1 aliphatic rings. The molecule has 1 fully saturated rings. The highest BCUT2D eigenvalue weighted by molar-refractivity contribution is 7.89. The lowest BCUT2D eigenvalue weighted by atomic mass is 10.0. The maximum atomic E-state index is 13.1. The summed E-state index contributed by atoms with van der Waals surface area (Å²) in [5, 5.41) is 2.53. The van der Waals surface area contributed by atoms with E-state index in [4.69, 9.17) is 4.74 Å². The number of amides is 1. The van der Waals surface area contributed by atoms with Crippen molar-refractivity contribution >= 4 is 21.6 Å². The molecule has 1 heterocycles. The monoisotopic (exact) mass is 406 g/mol. The van der Waals surface area contributed by atoms with Gasteiger partial charge >= 0.3 is 0 Å². The Balaban J connectivity index is 1.56. The van der Waals surface area contributed by atoms with E-state index in [0.717, 1.165) is 12.8 Å². The minimum absolute atomic E-state index is 0.207. The molecule has 0 aromatic heterocycles. The first-order valence-corrected chi connectivity index (χ1v) is 10.6. The molecular weight excluding hydrogens is 383 g/mol. The molecule has 150 valence electrons. The summed E-state index contributed by atoms with van der Waals surface area (Å²) in [6, 6.07) is 11.6. The molecule has 1 saturated heterocycles. The van der Waals surface area contributed by atoms with Gasteiger partial charge in [0.1, 0.15) is 11.6 Å². The van der Waals surface area contributed by atoms with Crippen LogP contribution in [-0.4, -0.2) is 38.3 Å². The van der Waals surface area contributed by atoms with Gasteiger partial charge in [-0.2, -0.15) is 4.31 Å². The molecule has 28 heavy (non-hydrogen) atoms. The molecule has 1 aliphatic heterocycles. The predicted molar refractivity (Wildman–Crippen MR) is 104 cm³/mol. The van der Waals surface area contributed by atoms with Crippen molar-refractivity contribution in [2.24, 2.45) is 5.92 Å². The van der Waals surface area contributed by atoms with E-state index >= 15 is 0 Å². The number of benzene rings is 2. The summed E-state index contributed by atoms with van der Waals surface area (Å²) in [5.41, 5.74) is 0.339. The van der Waals surface area contributed by atoms with E-state index in [1.165, 1.54) is 46.8 Å². The normalized spacial score (nSPS) is 15.9. The first-order valence-electron chi connectivity index (χ1n) is 9.13. The summed E-state index contributed by atoms with van der Waals surface area (Å²) in [5.74, 6) is 0.0322. The fourth-order valence-corrected chi connectivity index (χ4v) is 4.46. The van der Waals surface area contributed by atoms with Gasteiger partial charge in [0.05, 0.1) is 4.90 Å². The number of ether oxygens (including phenoxy) is 1. The van der Waals surface area contributed by atoms with Gasteiger partial charge in [-0.3, -0.25) is 4.79 Å². The van der Waals surface area contributed by atoms with Gasteiger partial charge in [0.25, 0.3) is 5.91 Å². The number of carbonyl (C=O) groups excluding carboxylic acids is 1. The van der Waals surface area contributed by atoms with Crippen LogP contribution in [0.3, 0.4) is 0 Å². The van der Waals surface area contributed by atoms with E-state index in [9.17, 15) is 17.6 Å². The Morgan fingerprint density at radius 2 is 1.86 bits per heavy atom. The highest BCUT2D eigenvalue weighted by Crippen LogP contribution is 2.24. The van der Waals surface area contributed by atoms with Gasteiger partial charge in [-0.25, -0.2) is 12.8 Å². The lowest BCUT2D eigenvalue weighted by molar-refractivity contribution is -0.118. The number of hydrogen-bond donors (Lipinski definition) is 1. The van der Waals surface area contributed by atoms with Crippen molar-refractivity contribution in [3.63, 3.8) is 0 Å². The Morgan fingerprint density at radius 3 is 2.50 bits per heavy atom. The van der Waals surface area contributed by atoms with Gasteiger partial charge in [-0.15, -0.1) is 0 Å². The molecule has 2 aromatic rings. The van der Waals surface area contributed by atoms with Crippen molar-refractivity contribution in [2.75, 3.05) is 25.0 Å². The molecule has 0 bridgehead atoms. The molecule has 2 aromatic carbocycles. The van der Waals surface area contributed by atoms with Crippen LogP contribution in [0.1, 0.15) is 19.8 Å². The smallest absolute Gasteiger partial charge is 0.262 e. The van der Waals surface area contributed by atoms with Crippen LogP contribution in [0.25, 0.3) is 0 Å². The van der Waals surface area contributed by atoms with Crippen molar-refractivity contribution in [1.29, 1.82) is 0 Å². The van der Waals surface area contributed by atoms with Crippen molar-refractivity contribution in [3.05, 3.63) is 54.3 Å². The third-order valence-electron chi connectivity index (χ3n) is 4.68. The number of rotatable bonds is 6. The molecule has 0 radical (unpaired) electrons. The quantitative estimate of drug-likeness (QED) is 0.799. The topological polar surface area (TPSA) is 75.7 Å². The van der Waals surface area contributed by atoms with Crippen LogP contribution in [-0.2, 0) is 14.8 Å². The van der Waals surface area contributed by atoms with Gasteiger partial charge in [-0.1, -0.05) is 13.0 Å². The lowest BCUT2D eigenvalue weighted by Gasteiger charge is -2.29. The Bertz CT molecular complexity index is 923. The number of nitrogens with one attached hydrogen (secondary N) is 1. The Morgan fingerprint density at radius 1 is 1.18 bits per heavy atom. The molecule has 1 N–H and O–H groups in total. The highest BCUT2D eigenvalue weighted by atomic mass is 32.2. The third kappa shape index (κ3) is 5.08. The summed E-state index contributed by atoms with van der Waals surface area (Å²) < 4.78 is 45.4. The number of carbonyl (C=O) groups is 1. The molecular formula is C20H23FN2O4S. The zero-order valence-electron chi connectivity index (χ0n) is 15.6. The van der Waals surface area contributed by atoms with E-state index < -0.39 is 21.7 Å².